The maximum atomic E-state index is 11.0. The van der Waals surface area contributed by atoms with E-state index in [4.69, 9.17) is 14.6 Å². The predicted molar refractivity (Wildman–Crippen MR) is 63.7 cm³/mol. The second-order valence-corrected chi connectivity index (χ2v) is 3.71. The zero-order valence-corrected chi connectivity index (χ0v) is 10.8. The third-order valence-corrected chi connectivity index (χ3v) is 2.45. The van der Waals surface area contributed by atoms with Crippen LogP contribution in [0.1, 0.15) is 29.5 Å². The maximum absolute atomic E-state index is 11.0. The van der Waals surface area contributed by atoms with E-state index in [0.717, 1.165) is 6.42 Å². The molecule has 0 saturated heterocycles. The van der Waals surface area contributed by atoms with E-state index in [1.807, 2.05) is 6.92 Å². The van der Waals surface area contributed by atoms with Crippen LogP contribution in [0.4, 0.5) is 0 Å². The van der Waals surface area contributed by atoms with Crippen LogP contribution in [-0.4, -0.2) is 53.0 Å². The average molecular weight is 257 g/mol. The first-order valence-electron chi connectivity index (χ1n) is 5.93. The number of carboxylic acids is 1. The van der Waals surface area contributed by atoms with E-state index >= 15 is 0 Å². The minimum absolute atomic E-state index is 0.00320. The van der Waals surface area contributed by atoms with Gasteiger partial charge in [-0.2, -0.15) is 0 Å². The highest BCUT2D eigenvalue weighted by Gasteiger charge is 2.18. The molecule has 1 N–H and O–H groups in total. The Labute approximate surface area is 106 Å². The summed E-state index contributed by atoms with van der Waals surface area (Å²) in [6, 6.07) is 0. The molecule has 0 saturated carbocycles. The Hall–Kier alpha value is -1.47. The summed E-state index contributed by atoms with van der Waals surface area (Å²) >= 11 is 0. The summed E-state index contributed by atoms with van der Waals surface area (Å²) in [5, 5.41) is 16.6. The van der Waals surface area contributed by atoms with Gasteiger partial charge in [-0.25, -0.2) is 9.48 Å². The summed E-state index contributed by atoms with van der Waals surface area (Å²) in [6.07, 6.45) is 1.26. The topological polar surface area (TPSA) is 86.5 Å². The molecule has 1 rings (SSSR count). The molecule has 0 aromatic carbocycles. The van der Waals surface area contributed by atoms with Crippen LogP contribution in [0.3, 0.4) is 0 Å². The monoisotopic (exact) mass is 257 g/mol. The summed E-state index contributed by atoms with van der Waals surface area (Å²) in [5.74, 6) is -1.06. The Bertz CT molecular complexity index is 378. The van der Waals surface area contributed by atoms with Gasteiger partial charge in [-0.1, -0.05) is 5.21 Å². The van der Waals surface area contributed by atoms with Crippen LogP contribution in [0.25, 0.3) is 0 Å². The Kier molecular flexibility index (Phi) is 6.31. The van der Waals surface area contributed by atoms with Gasteiger partial charge in [-0.3, -0.25) is 0 Å². The molecular weight excluding hydrogens is 238 g/mol. The second-order valence-electron chi connectivity index (χ2n) is 3.71. The molecule has 1 aromatic rings. The number of aromatic carboxylic acids is 1. The second kappa shape index (κ2) is 7.78. The van der Waals surface area contributed by atoms with Crippen molar-refractivity contribution >= 4 is 5.97 Å². The van der Waals surface area contributed by atoms with Crippen molar-refractivity contribution in [2.24, 2.45) is 0 Å². The molecule has 7 nitrogen and oxygen atoms in total. The molecule has 18 heavy (non-hydrogen) atoms. The summed E-state index contributed by atoms with van der Waals surface area (Å²) in [5.41, 5.74) is 0.601. The number of carboxylic acid groups (broad SMARTS) is 1. The van der Waals surface area contributed by atoms with Gasteiger partial charge in [0.15, 0.2) is 5.69 Å². The Morgan fingerprint density at radius 2 is 2.22 bits per heavy atom. The molecule has 102 valence electrons. The number of hydrogen-bond donors (Lipinski definition) is 1. The van der Waals surface area contributed by atoms with E-state index in [-0.39, 0.29) is 5.69 Å². The van der Waals surface area contributed by atoms with Gasteiger partial charge in [0, 0.05) is 33.3 Å². The number of ether oxygens (including phenoxy) is 2. The van der Waals surface area contributed by atoms with Crippen molar-refractivity contribution in [3.8, 4) is 0 Å². The molecule has 7 heteroatoms. The van der Waals surface area contributed by atoms with Gasteiger partial charge in [-0.15, -0.1) is 5.10 Å². The molecule has 1 heterocycles. The Balaban J connectivity index is 2.67. The molecule has 1 aromatic heterocycles. The molecule has 0 atom stereocenters. The highest BCUT2D eigenvalue weighted by atomic mass is 16.5. The zero-order chi connectivity index (χ0) is 13.4. The fourth-order valence-electron chi connectivity index (χ4n) is 1.59. The van der Waals surface area contributed by atoms with Crippen molar-refractivity contribution in [3.63, 3.8) is 0 Å². The van der Waals surface area contributed by atoms with Crippen molar-refractivity contribution in [1.82, 2.24) is 15.0 Å². The molecular formula is C11H19N3O4. The predicted octanol–water partition coefficient (Wildman–Crippen LogP) is 0.592. The molecule has 0 aliphatic rings. The first kappa shape index (κ1) is 14.6. The third-order valence-electron chi connectivity index (χ3n) is 2.45. The van der Waals surface area contributed by atoms with Gasteiger partial charge in [-0.05, 0) is 13.3 Å². The van der Waals surface area contributed by atoms with Gasteiger partial charge in [0.1, 0.15) is 0 Å². The van der Waals surface area contributed by atoms with Crippen molar-refractivity contribution in [1.29, 1.82) is 0 Å². The smallest absolute Gasteiger partial charge is 0.358 e. The van der Waals surface area contributed by atoms with Crippen molar-refractivity contribution in [3.05, 3.63) is 11.4 Å². The van der Waals surface area contributed by atoms with Crippen LogP contribution in [0.15, 0.2) is 0 Å². The van der Waals surface area contributed by atoms with Crippen LogP contribution < -0.4 is 0 Å². The van der Waals surface area contributed by atoms with Gasteiger partial charge in [0.05, 0.1) is 12.3 Å². The minimum atomic E-state index is -1.06. The average Bonchev–Trinajstić information content (AvgIpc) is 2.75. The van der Waals surface area contributed by atoms with E-state index in [2.05, 4.69) is 10.3 Å². The largest absolute Gasteiger partial charge is 0.476 e. The highest BCUT2D eigenvalue weighted by Crippen LogP contribution is 2.08. The fraction of sp³-hybridized carbons (Fsp3) is 0.727. The Morgan fingerprint density at radius 3 is 2.83 bits per heavy atom. The molecule has 0 amide bonds. The first-order chi connectivity index (χ1) is 8.70. The van der Waals surface area contributed by atoms with Crippen LogP contribution in [0.2, 0.25) is 0 Å². The quantitative estimate of drug-likeness (QED) is 0.652. The lowest BCUT2D eigenvalue weighted by Gasteiger charge is -2.06. The lowest BCUT2D eigenvalue weighted by molar-refractivity contribution is 0.0688. The standard InChI is InChI=1S/C11H19N3O4/c1-3-18-7-4-6-14-9(5-8-17-2)10(11(15)16)12-13-14/h3-8H2,1-2H3,(H,15,16). The molecule has 0 unspecified atom stereocenters. The highest BCUT2D eigenvalue weighted by molar-refractivity contribution is 5.86. The number of hydrogen-bond acceptors (Lipinski definition) is 5. The maximum Gasteiger partial charge on any atom is 0.358 e. The van der Waals surface area contributed by atoms with Crippen LogP contribution in [0.5, 0.6) is 0 Å². The molecule has 0 aliphatic carbocycles. The SMILES string of the molecule is CCOCCCn1nnc(C(=O)O)c1CCOC. The van der Waals surface area contributed by atoms with Gasteiger partial charge in [0.2, 0.25) is 0 Å². The van der Waals surface area contributed by atoms with E-state index in [1.54, 1.807) is 11.8 Å². The molecule has 0 fully saturated rings. The van der Waals surface area contributed by atoms with Gasteiger partial charge >= 0.3 is 5.97 Å². The normalized spacial score (nSPS) is 10.8. The number of carbonyl (C=O) groups is 1. The number of nitrogens with zero attached hydrogens (tertiary/aromatic N) is 3. The van der Waals surface area contributed by atoms with Crippen molar-refractivity contribution < 1.29 is 19.4 Å². The molecule has 0 spiro atoms. The number of aromatic nitrogens is 3. The lowest BCUT2D eigenvalue weighted by atomic mass is 10.2. The summed E-state index contributed by atoms with van der Waals surface area (Å²) < 4.78 is 11.8. The molecule has 0 aliphatic heterocycles. The van der Waals surface area contributed by atoms with E-state index < -0.39 is 5.97 Å². The van der Waals surface area contributed by atoms with E-state index in [0.29, 0.717) is 38.5 Å². The van der Waals surface area contributed by atoms with E-state index in [9.17, 15) is 4.79 Å². The number of aryl methyl sites for hydroxylation is 1. The van der Waals surface area contributed by atoms with Crippen LogP contribution in [-0.2, 0) is 22.4 Å². The first-order valence-corrected chi connectivity index (χ1v) is 5.93. The minimum Gasteiger partial charge on any atom is -0.476 e. The molecule has 0 radical (unpaired) electrons. The Morgan fingerprint density at radius 1 is 1.44 bits per heavy atom. The van der Waals surface area contributed by atoms with Gasteiger partial charge in [0.25, 0.3) is 0 Å². The van der Waals surface area contributed by atoms with Crippen molar-refractivity contribution in [2.75, 3.05) is 26.9 Å². The lowest BCUT2D eigenvalue weighted by Crippen LogP contribution is -2.12. The van der Waals surface area contributed by atoms with E-state index in [1.165, 1.54) is 0 Å². The fourth-order valence-corrected chi connectivity index (χ4v) is 1.59. The number of methoxy groups -OCH3 is 1. The van der Waals surface area contributed by atoms with Crippen LogP contribution >= 0.6 is 0 Å². The summed E-state index contributed by atoms with van der Waals surface area (Å²) in [4.78, 5) is 11.0. The summed E-state index contributed by atoms with van der Waals surface area (Å²) in [7, 11) is 1.57. The third kappa shape index (κ3) is 4.08. The number of rotatable bonds is 9. The van der Waals surface area contributed by atoms with Crippen LogP contribution in [0, 0.1) is 0 Å². The zero-order valence-electron chi connectivity index (χ0n) is 10.8. The summed E-state index contributed by atoms with van der Waals surface area (Å²) in [6.45, 7) is 4.28. The van der Waals surface area contributed by atoms with Crippen molar-refractivity contribution in [2.45, 2.75) is 26.3 Å². The molecule has 0 bridgehead atoms. The van der Waals surface area contributed by atoms with Gasteiger partial charge < -0.3 is 14.6 Å².